The minimum Gasteiger partial charge on any atom is -0.342 e. The number of H-pyrrole nitrogens is 1. The molecule has 0 aliphatic heterocycles. The van der Waals surface area contributed by atoms with Crippen LogP contribution in [0, 0.1) is 17.6 Å². The molecule has 1 heterocycles. The lowest BCUT2D eigenvalue weighted by molar-refractivity contribution is 0.490. The Morgan fingerprint density at radius 1 is 1.25 bits per heavy atom. The number of hydrogen-bond acceptors (Lipinski definition) is 2. The van der Waals surface area contributed by atoms with E-state index in [1.165, 1.54) is 6.07 Å². The van der Waals surface area contributed by atoms with Gasteiger partial charge in [0.1, 0.15) is 5.82 Å². The highest BCUT2D eigenvalue weighted by molar-refractivity contribution is 5.58. The predicted octanol–water partition coefficient (Wildman–Crippen LogP) is 3.44. The molecule has 0 saturated carbocycles. The SMILES string of the molecule is CC(C)CC(CN)c1ncc(-c2ccc(F)c(F)c2)[nH]1. The summed E-state index contributed by atoms with van der Waals surface area (Å²) in [4.78, 5) is 7.47. The number of nitrogens with one attached hydrogen (secondary N) is 1. The topological polar surface area (TPSA) is 54.7 Å². The number of nitrogens with zero attached hydrogens (tertiary/aromatic N) is 1. The van der Waals surface area contributed by atoms with E-state index in [0.29, 0.717) is 23.7 Å². The van der Waals surface area contributed by atoms with Gasteiger partial charge in [0.05, 0.1) is 11.9 Å². The van der Waals surface area contributed by atoms with Crippen LogP contribution in [0.25, 0.3) is 11.3 Å². The zero-order valence-corrected chi connectivity index (χ0v) is 11.7. The third-order valence-electron chi connectivity index (χ3n) is 3.25. The molecule has 0 saturated heterocycles. The Morgan fingerprint density at radius 2 is 2.00 bits per heavy atom. The summed E-state index contributed by atoms with van der Waals surface area (Å²) in [5, 5.41) is 0. The molecule has 3 nitrogen and oxygen atoms in total. The summed E-state index contributed by atoms with van der Waals surface area (Å²) in [7, 11) is 0. The normalized spacial score (nSPS) is 12.9. The van der Waals surface area contributed by atoms with Crippen LogP contribution < -0.4 is 5.73 Å². The van der Waals surface area contributed by atoms with Gasteiger partial charge in [0, 0.05) is 18.0 Å². The average Bonchev–Trinajstić information content (AvgIpc) is 2.88. The average molecular weight is 279 g/mol. The van der Waals surface area contributed by atoms with Gasteiger partial charge < -0.3 is 10.7 Å². The zero-order chi connectivity index (χ0) is 14.7. The molecular weight excluding hydrogens is 260 g/mol. The van der Waals surface area contributed by atoms with Crippen molar-refractivity contribution in [2.75, 3.05) is 6.54 Å². The van der Waals surface area contributed by atoms with Gasteiger partial charge in [-0.3, -0.25) is 0 Å². The summed E-state index contributed by atoms with van der Waals surface area (Å²) < 4.78 is 26.2. The van der Waals surface area contributed by atoms with Crippen LogP contribution in [0.4, 0.5) is 8.78 Å². The van der Waals surface area contributed by atoms with Crippen LogP contribution in [0.3, 0.4) is 0 Å². The van der Waals surface area contributed by atoms with Gasteiger partial charge in [0.2, 0.25) is 0 Å². The quantitative estimate of drug-likeness (QED) is 0.880. The molecule has 1 atom stereocenters. The molecule has 0 fully saturated rings. The largest absolute Gasteiger partial charge is 0.342 e. The van der Waals surface area contributed by atoms with Crippen molar-refractivity contribution in [1.82, 2.24) is 9.97 Å². The second kappa shape index (κ2) is 6.13. The van der Waals surface area contributed by atoms with Gasteiger partial charge in [-0.15, -0.1) is 0 Å². The molecule has 1 unspecified atom stereocenters. The van der Waals surface area contributed by atoms with Crippen molar-refractivity contribution in [2.45, 2.75) is 26.2 Å². The van der Waals surface area contributed by atoms with E-state index in [4.69, 9.17) is 5.73 Å². The van der Waals surface area contributed by atoms with Crippen LogP contribution in [0.15, 0.2) is 24.4 Å². The fourth-order valence-electron chi connectivity index (χ4n) is 2.24. The van der Waals surface area contributed by atoms with Gasteiger partial charge in [-0.2, -0.15) is 0 Å². The first-order valence-corrected chi connectivity index (χ1v) is 6.71. The summed E-state index contributed by atoms with van der Waals surface area (Å²) in [6.07, 6.45) is 2.56. The number of aromatic amines is 1. The number of imidazole rings is 1. The summed E-state index contributed by atoms with van der Waals surface area (Å²) in [5.41, 5.74) is 7.02. The van der Waals surface area contributed by atoms with Crippen LogP contribution in [0.5, 0.6) is 0 Å². The fourth-order valence-corrected chi connectivity index (χ4v) is 2.24. The zero-order valence-electron chi connectivity index (χ0n) is 11.7. The van der Waals surface area contributed by atoms with Gasteiger partial charge in [-0.05, 0) is 30.5 Å². The first-order chi connectivity index (χ1) is 9.51. The lowest BCUT2D eigenvalue weighted by Gasteiger charge is -2.14. The standard InChI is InChI=1S/C15H19F2N3/c1-9(2)5-11(7-18)15-19-8-14(20-15)10-3-4-12(16)13(17)6-10/h3-4,6,8-9,11H,5,7,18H2,1-2H3,(H,19,20). The Bertz CT molecular complexity index is 578. The molecule has 20 heavy (non-hydrogen) atoms. The lowest BCUT2D eigenvalue weighted by Crippen LogP contribution is -2.15. The van der Waals surface area contributed by atoms with Gasteiger partial charge in [-0.1, -0.05) is 13.8 Å². The molecule has 0 amide bonds. The van der Waals surface area contributed by atoms with Gasteiger partial charge in [0.25, 0.3) is 0 Å². The smallest absolute Gasteiger partial charge is 0.159 e. The second-order valence-electron chi connectivity index (χ2n) is 5.37. The van der Waals surface area contributed by atoms with E-state index in [1.807, 2.05) is 0 Å². The third kappa shape index (κ3) is 3.22. The van der Waals surface area contributed by atoms with Crippen LogP contribution in [0.1, 0.15) is 32.0 Å². The minimum absolute atomic E-state index is 0.147. The molecule has 1 aromatic heterocycles. The van der Waals surface area contributed by atoms with Crippen molar-refractivity contribution in [3.05, 3.63) is 41.9 Å². The maximum Gasteiger partial charge on any atom is 0.159 e. The van der Waals surface area contributed by atoms with E-state index in [0.717, 1.165) is 24.4 Å². The number of aromatic nitrogens is 2. The van der Waals surface area contributed by atoms with Crippen molar-refractivity contribution in [3.63, 3.8) is 0 Å². The Kier molecular flexibility index (Phi) is 4.49. The van der Waals surface area contributed by atoms with E-state index in [2.05, 4.69) is 23.8 Å². The molecule has 5 heteroatoms. The highest BCUT2D eigenvalue weighted by Crippen LogP contribution is 2.24. The van der Waals surface area contributed by atoms with E-state index in [-0.39, 0.29) is 5.92 Å². The minimum atomic E-state index is -0.865. The molecule has 108 valence electrons. The summed E-state index contributed by atoms with van der Waals surface area (Å²) in [6.45, 7) is 4.76. The number of nitrogens with two attached hydrogens (primary N) is 1. The highest BCUT2D eigenvalue weighted by Gasteiger charge is 2.16. The van der Waals surface area contributed by atoms with E-state index < -0.39 is 11.6 Å². The molecule has 0 bridgehead atoms. The first kappa shape index (κ1) is 14.7. The third-order valence-corrected chi connectivity index (χ3v) is 3.25. The monoisotopic (exact) mass is 279 g/mol. The van der Waals surface area contributed by atoms with Crippen LogP contribution in [-0.4, -0.2) is 16.5 Å². The van der Waals surface area contributed by atoms with Crippen molar-refractivity contribution in [3.8, 4) is 11.3 Å². The number of rotatable bonds is 5. The molecule has 0 aliphatic carbocycles. The van der Waals surface area contributed by atoms with E-state index >= 15 is 0 Å². The Balaban J connectivity index is 2.25. The van der Waals surface area contributed by atoms with Gasteiger partial charge in [0.15, 0.2) is 11.6 Å². The molecule has 0 spiro atoms. The van der Waals surface area contributed by atoms with Crippen molar-refractivity contribution in [2.24, 2.45) is 11.7 Å². The Morgan fingerprint density at radius 3 is 2.60 bits per heavy atom. The molecule has 1 aromatic carbocycles. The maximum absolute atomic E-state index is 13.2. The predicted molar refractivity (Wildman–Crippen MR) is 75.2 cm³/mol. The molecule has 2 rings (SSSR count). The van der Waals surface area contributed by atoms with Crippen LogP contribution in [-0.2, 0) is 0 Å². The number of hydrogen-bond donors (Lipinski definition) is 2. The fraction of sp³-hybridized carbons (Fsp3) is 0.400. The van der Waals surface area contributed by atoms with Crippen molar-refractivity contribution < 1.29 is 8.78 Å². The van der Waals surface area contributed by atoms with Gasteiger partial charge in [-0.25, -0.2) is 13.8 Å². The van der Waals surface area contributed by atoms with Crippen LogP contribution >= 0.6 is 0 Å². The molecule has 3 N–H and O–H groups in total. The first-order valence-electron chi connectivity index (χ1n) is 6.71. The molecular formula is C15H19F2N3. The summed E-state index contributed by atoms with van der Waals surface area (Å²) >= 11 is 0. The van der Waals surface area contributed by atoms with Gasteiger partial charge >= 0.3 is 0 Å². The molecule has 2 aromatic rings. The maximum atomic E-state index is 13.2. The Labute approximate surface area is 117 Å². The number of halogens is 2. The summed E-state index contributed by atoms with van der Waals surface area (Å²) in [5.74, 6) is -0.264. The molecule has 0 radical (unpaired) electrons. The molecule has 0 aliphatic rings. The summed E-state index contributed by atoms with van der Waals surface area (Å²) in [6, 6.07) is 3.79. The second-order valence-corrected chi connectivity index (χ2v) is 5.37. The number of benzene rings is 1. The van der Waals surface area contributed by atoms with E-state index in [9.17, 15) is 8.78 Å². The van der Waals surface area contributed by atoms with Crippen molar-refractivity contribution >= 4 is 0 Å². The highest BCUT2D eigenvalue weighted by atomic mass is 19.2. The van der Waals surface area contributed by atoms with E-state index in [1.54, 1.807) is 6.20 Å². The van der Waals surface area contributed by atoms with Crippen molar-refractivity contribution in [1.29, 1.82) is 0 Å². The van der Waals surface area contributed by atoms with Crippen LogP contribution in [0.2, 0.25) is 0 Å². The Hall–Kier alpha value is -1.75. The lowest BCUT2D eigenvalue weighted by atomic mass is 9.97.